The fourth-order valence-electron chi connectivity index (χ4n) is 4.78. The number of hydrogen-bond acceptors (Lipinski definition) is 10. The maximum absolute atomic E-state index is 12.9. The lowest BCUT2D eigenvalue weighted by Crippen LogP contribution is -2.47. The number of carbonyl (C=O) groups excluding carboxylic acids is 1. The Labute approximate surface area is 263 Å². The molecule has 0 spiro atoms. The maximum atomic E-state index is 12.9. The van der Waals surface area contributed by atoms with Crippen LogP contribution in [0.2, 0.25) is 5.02 Å². The third kappa shape index (κ3) is 9.05. The summed E-state index contributed by atoms with van der Waals surface area (Å²) in [4.78, 5) is 19.5. The zero-order chi connectivity index (χ0) is 32.3. The van der Waals surface area contributed by atoms with E-state index in [2.05, 4.69) is 32.1 Å². The van der Waals surface area contributed by atoms with Gasteiger partial charge in [0.1, 0.15) is 17.0 Å². The van der Waals surface area contributed by atoms with E-state index in [1.807, 2.05) is 35.2 Å². The molecule has 0 bridgehead atoms. The molecule has 1 fully saturated rings. The summed E-state index contributed by atoms with van der Waals surface area (Å²) in [5, 5.41) is 11.5. The minimum absolute atomic E-state index is 0.00859. The van der Waals surface area contributed by atoms with Gasteiger partial charge in [-0.1, -0.05) is 48.9 Å². The molecule has 2 heterocycles. The lowest BCUT2D eigenvalue weighted by molar-refractivity contribution is 0.0443. The SMILES string of the molecule is COCCN(CC1CC1C)c1cc(-c2nnc([C@@](C)(Cc3ccccc3)NC(=O)OC(C)(C)C)o2)c(Cl)c(NS(C)(=O)=O)n1. The van der Waals surface area contributed by atoms with Crippen molar-refractivity contribution in [1.82, 2.24) is 20.5 Å². The van der Waals surface area contributed by atoms with Gasteiger partial charge in [-0.2, -0.15) is 0 Å². The van der Waals surface area contributed by atoms with Crippen LogP contribution in [0.25, 0.3) is 11.5 Å². The molecule has 1 saturated carbocycles. The topological polar surface area (TPSA) is 149 Å². The third-order valence-electron chi connectivity index (χ3n) is 7.15. The van der Waals surface area contributed by atoms with Crippen molar-refractivity contribution in [1.29, 1.82) is 0 Å². The first-order valence-corrected chi connectivity index (χ1v) is 16.7. The molecule has 4 rings (SSSR count). The number of carbonyl (C=O) groups is 1. The number of nitrogens with zero attached hydrogens (tertiary/aromatic N) is 4. The first kappa shape index (κ1) is 33.5. The molecule has 3 atom stereocenters. The van der Waals surface area contributed by atoms with Crippen molar-refractivity contribution in [3.63, 3.8) is 0 Å². The number of methoxy groups -OCH3 is 1. The number of pyridine rings is 1. The van der Waals surface area contributed by atoms with Crippen LogP contribution in [0.1, 0.15) is 52.5 Å². The molecule has 0 aliphatic heterocycles. The lowest BCUT2D eigenvalue weighted by Gasteiger charge is -2.29. The smallest absolute Gasteiger partial charge is 0.408 e. The van der Waals surface area contributed by atoms with Gasteiger partial charge in [0.15, 0.2) is 5.82 Å². The summed E-state index contributed by atoms with van der Waals surface area (Å²) in [6, 6.07) is 11.3. The number of anilines is 2. The zero-order valence-corrected chi connectivity index (χ0v) is 27.8. The summed E-state index contributed by atoms with van der Waals surface area (Å²) in [6.07, 6.45) is 1.78. The highest BCUT2D eigenvalue weighted by Crippen LogP contribution is 2.41. The van der Waals surface area contributed by atoms with Crippen molar-refractivity contribution in [2.75, 3.05) is 42.7 Å². The van der Waals surface area contributed by atoms with E-state index in [9.17, 15) is 13.2 Å². The van der Waals surface area contributed by atoms with Crippen LogP contribution in [-0.2, 0) is 31.5 Å². The Morgan fingerprint density at radius 1 is 1.18 bits per heavy atom. The number of hydrogen-bond donors (Lipinski definition) is 2. The Morgan fingerprint density at radius 2 is 1.86 bits per heavy atom. The van der Waals surface area contributed by atoms with E-state index in [4.69, 9.17) is 25.5 Å². The van der Waals surface area contributed by atoms with Gasteiger partial charge in [-0.25, -0.2) is 18.2 Å². The molecule has 1 amide bonds. The highest BCUT2D eigenvalue weighted by Gasteiger charge is 2.38. The second-order valence-corrected chi connectivity index (χ2v) is 14.6. The van der Waals surface area contributed by atoms with Gasteiger partial charge in [-0.3, -0.25) is 4.72 Å². The number of benzene rings is 1. The van der Waals surface area contributed by atoms with Crippen LogP contribution in [0, 0.1) is 11.8 Å². The monoisotopic (exact) mass is 648 g/mol. The van der Waals surface area contributed by atoms with Crippen LogP contribution in [0.3, 0.4) is 0 Å². The minimum atomic E-state index is -3.73. The molecule has 14 heteroatoms. The van der Waals surface area contributed by atoms with Crippen molar-refractivity contribution in [2.45, 2.75) is 58.6 Å². The van der Waals surface area contributed by atoms with Gasteiger partial charge in [0.2, 0.25) is 21.8 Å². The van der Waals surface area contributed by atoms with E-state index >= 15 is 0 Å². The van der Waals surface area contributed by atoms with E-state index in [-0.39, 0.29) is 28.2 Å². The molecule has 12 nitrogen and oxygen atoms in total. The van der Waals surface area contributed by atoms with Crippen molar-refractivity contribution >= 4 is 39.4 Å². The van der Waals surface area contributed by atoms with Crippen LogP contribution in [0.5, 0.6) is 0 Å². The minimum Gasteiger partial charge on any atom is -0.444 e. The predicted octanol–water partition coefficient (Wildman–Crippen LogP) is 5.25. The second kappa shape index (κ2) is 13.3. The Balaban J connectivity index is 1.77. The molecular weight excluding hydrogens is 608 g/mol. The fourth-order valence-corrected chi connectivity index (χ4v) is 5.56. The van der Waals surface area contributed by atoms with Crippen molar-refractivity contribution < 1.29 is 27.1 Å². The summed E-state index contributed by atoms with van der Waals surface area (Å²) >= 11 is 6.73. The first-order chi connectivity index (χ1) is 20.6. The van der Waals surface area contributed by atoms with Crippen molar-refractivity contribution in [3.05, 3.63) is 52.9 Å². The van der Waals surface area contributed by atoms with E-state index < -0.39 is 27.3 Å². The first-order valence-electron chi connectivity index (χ1n) is 14.4. The number of sulfonamides is 1. The summed E-state index contributed by atoms with van der Waals surface area (Å²) in [5.74, 6) is 1.61. The average Bonchev–Trinajstić information content (AvgIpc) is 3.37. The molecule has 44 heavy (non-hydrogen) atoms. The Bertz CT molecular complexity index is 1560. The maximum Gasteiger partial charge on any atom is 0.408 e. The lowest BCUT2D eigenvalue weighted by atomic mass is 9.92. The Morgan fingerprint density at radius 3 is 2.45 bits per heavy atom. The zero-order valence-electron chi connectivity index (χ0n) is 26.2. The quantitative estimate of drug-likeness (QED) is 0.252. The number of aromatic nitrogens is 3. The number of halogens is 1. The molecule has 0 radical (unpaired) electrons. The van der Waals surface area contributed by atoms with E-state index in [0.717, 1.165) is 18.2 Å². The van der Waals surface area contributed by atoms with Crippen LogP contribution in [0.15, 0.2) is 40.8 Å². The van der Waals surface area contributed by atoms with Crippen LogP contribution in [0.4, 0.5) is 16.4 Å². The molecule has 2 unspecified atom stereocenters. The summed E-state index contributed by atoms with van der Waals surface area (Å²) in [5.41, 5.74) is -0.697. The number of alkyl carbamates (subject to hydrolysis) is 1. The standard InChI is InChI=1S/C30H41ClN6O6S/c1-19-15-21(19)18-37(13-14-41-6)23-16-22(24(31)25(32-23)36-44(7,39)40)26-34-35-27(42-26)30(5,17-20-11-9-8-10-12-20)33-28(38)43-29(2,3)4/h8-12,16,19,21H,13-15,17-18H2,1-7H3,(H,32,36)(H,33,38)/t19?,21?,30-/m1/s1. The number of nitrogens with one attached hydrogen (secondary N) is 2. The number of ether oxygens (including phenoxy) is 2. The third-order valence-corrected chi connectivity index (χ3v) is 8.10. The van der Waals surface area contributed by atoms with E-state index in [0.29, 0.717) is 43.8 Å². The van der Waals surface area contributed by atoms with Crippen LogP contribution < -0.4 is 14.9 Å². The molecule has 0 saturated heterocycles. The van der Waals surface area contributed by atoms with Crippen molar-refractivity contribution in [3.8, 4) is 11.5 Å². The molecule has 1 aromatic carbocycles. The predicted molar refractivity (Wildman–Crippen MR) is 169 cm³/mol. The van der Waals surface area contributed by atoms with Gasteiger partial charge in [-0.15, -0.1) is 10.2 Å². The molecule has 3 aromatic rings. The normalized spacial score (nSPS) is 17.9. The van der Waals surface area contributed by atoms with Gasteiger partial charge >= 0.3 is 6.09 Å². The van der Waals surface area contributed by atoms with Crippen LogP contribution >= 0.6 is 11.6 Å². The fraction of sp³-hybridized carbons (Fsp3) is 0.533. The van der Waals surface area contributed by atoms with E-state index in [1.165, 1.54) is 0 Å². The molecule has 2 aromatic heterocycles. The second-order valence-electron chi connectivity index (χ2n) is 12.5. The molecule has 1 aliphatic rings. The molecule has 240 valence electrons. The molecule has 1 aliphatic carbocycles. The number of amides is 1. The van der Waals surface area contributed by atoms with Gasteiger partial charge in [0.25, 0.3) is 0 Å². The summed E-state index contributed by atoms with van der Waals surface area (Å²) < 4.78 is 44.0. The van der Waals surface area contributed by atoms with Crippen LogP contribution in [-0.4, -0.2) is 68.4 Å². The van der Waals surface area contributed by atoms with Gasteiger partial charge in [0, 0.05) is 26.6 Å². The average molecular weight is 649 g/mol. The summed E-state index contributed by atoms with van der Waals surface area (Å²) in [6.45, 7) is 10.9. The van der Waals surface area contributed by atoms with E-state index in [1.54, 1.807) is 40.9 Å². The van der Waals surface area contributed by atoms with Crippen molar-refractivity contribution in [2.24, 2.45) is 11.8 Å². The number of rotatable bonds is 13. The molecular formula is C30H41ClN6O6S. The largest absolute Gasteiger partial charge is 0.444 e. The molecule has 2 N–H and O–H groups in total. The van der Waals surface area contributed by atoms with Gasteiger partial charge < -0.3 is 24.1 Å². The Hall–Kier alpha value is -3.42. The van der Waals surface area contributed by atoms with Gasteiger partial charge in [-0.05, 0) is 57.6 Å². The highest BCUT2D eigenvalue weighted by atomic mass is 35.5. The highest BCUT2D eigenvalue weighted by molar-refractivity contribution is 7.92. The van der Waals surface area contributed by atoms with Gasteiger partial charge in [0.05, 0.1) is 23.4 Å². The Kier molecular flexibility index (Phi) is 10.1. The summed E-state index contributed by atoms with van der Waals surface area (Å²) in [7, 11) is -2.11.